The number of para-hydroxylation sites is 1. The number of thiophene rings is 1. The van der Waals surface area contributed by atoms with Crippen LogP contribution in [-0.4, -0.2) is 36.5 Å². The van der Waals surface area contributed by atoms with E-state index in [2.05, 4.69) is 21.9 Å². The van der Waals surface area contributed by atoms with Crippen molar-refractivity contribution in [3.05, 3.63) is 52.7 Å². The van der Waals surface area contributed by atoms with Crippen LogP contribution in [0.4, 0.5) is 5.69 Å². The molecule has 0 bridgehead atoms. The molecule has 4 heteroatoms. The number of carbonyl (C=O) groups is 1. The maximum atomic E-state index is 13.2. The highest BCUT2D eigenvalue weighted by molar-refractivity contribution is 7.08. The van der Waals surface area contributed by atoms with Crippen molar-refractivity contribution < 1.29 is 4.79 Å². The lowest BCUT2D eigenvalue weighted by atomic mass is 9.59. The largest absolute Gasteiger partial charge is 0.305 e. The lowest BCUT2D eigenvalue weighted by molar-refractivity contribution is 0.00677. The molecule has 1 saturated heterocycles. The highest BCUT2D eigenvalue weighted by Gasteiger charge is 2.49. The molecule has 3 nitrogen and oxygen atoms in total. The minimum Gasteiger partial charge on any atom is -0.305 e. The van der Waals surface area contributed by atoms with Crippen molar-refractivity contribution in [2.45, 2.75) is 51.0 Å². The minimum absolute atomic E-state index is 0.162. The summed E-state index contributed by atoms with van der Waals surface area (Å²) in [5.74, 6) is 1.13. The molecule has 2 saturated carbocycles. The number of likely N-dealkylation sites (tertiary alicyclic amines) is 1. The first-order valence-corrected chi connectivity index (χ1v) is 11.8. The van der Waals surface area contributed by atoms with Gasteiger partial charge in [0, 0.05) is 23.7 Å². The number of rotatable bonds is 5. The van der Waals surface area contributed by atoms with Crippen LogP contribution >= 0.6 is 11.3 Å². The topological polar surface area (TPSA) is 23.6 Å². The molecule has 3 fully saturated rings. The Kier molecular flexibility index (Phi) is 5.02. The number of hydrogen-bond acceptors (Lipinski definition) is 3. The van der Waals surface area contributed by atoms with Crippen LogP contribution in [0.25, 0.3) is 0 Å². The second-order valence-electron chi connectivity index (χ2n) is 9.18. The molecule has 3 aliphatic rings. The van der Waals surface area contributed by atoms with Crippen LogP contribution in [-0.2, 0) is 0 Å². The Morgan fingerprint density at radius 1 is 1.11 bits per heavy atom. The summed E-state index contributed by atoms with van der Waals surface area (Å²) >= 11 is 1.60. The number of piperidine rings is 1. The molecule has 0 atom stereocenters. The van der Waals surface area contributed by atoms with Crippen molar-refractivity contribution in [2.75, 3.05) is 24.5 Å². The van der Waals surface area contributed by atoms with E-state index < -0.39 is 0 Å². The van der Waals surface area contributed by atoms with Gasteiger partial charge in [-0.15, -0.1) is 0 Å². The predicted octanol–water partition coefficient (Wildman–Crippen LogP) is 5.44. The van der Waals surface area contributed by atoms with Crippen molar-refractivity contribution in [3.63, 3.8) is 0 Å². The van der Waals surface area contributed by atoms with E-state index in [1.54, 1.807) is 11.3 Å². The molecule has 2 heterocycles. The van der Waals surface area contributed by atoms with E-state index in [0.29, 0.717) is 11.5 Å². The van der Waals surface area contributed by atoms with Gasteiger partial charge in [-0.3, -0.25) is 4.79 Å². The third-order valence-electron chi connectivity index (χ3n) is 7.38. The smallest absolute Gasteiger partial charge is 0.259 e. The Balaban J connectivity index is 1.25. The van der Waals surface area contributed by atoms with Crippen molar-refractivity contribution in [2.24, 2.45) is 11.3 Å². The van der Waals surface area contributed by atoms with Crippen molar-refractivity contribution >= 4 is 22.9 Å². The van der Waals surface area contributed by atoms with Gasteiger partial charge in [-0.1, -0.05) is 24.6 Å². The maximum absolute atomic E-state index is 13.2. The van der Waals surface area contributed by atoms with Gasteiger partial charge in [-0.25, -0.2) is 0 Å². The number of anilines is 1. The van der Waals surface area contributed by atoms with Crippen LogP contribution < -0.4 is 4.90 Å². The summed E-state index contributed by atoms with van der Waals surface area (Å²) in [6.07, 6.45) is 9.28. The third kappa shape index (κ3) is 3.53. The lowest BCUT2D eigenvalue weighted by Gasteiger charge is -2.55. The molecule has 28 heavy (non-hydrogen) atoms. The summed E-state index contributed by atoms with van der Waals surface area (Å²) in [6, 6.07) is 12.6. The summed E-state index contributed by atoms with van der Waals surface area (Å²) in [4.78, 5) is 18.0. The van der Waals surface area contributed by atoms with E-state index in [9.17, 15) is 4.79 Å². The van der Waals surface area contributed by atoms with E-state index in [0.717, 1.165) is 30.0 Å². The maximum Gasteiger partial charge on any atom is 0.259 e. The molecule has 1 aliphatic heterocycles. The minimum atomic E-state index is 0.162. The number of carbonyl (C=O) groups excluding carboxylic acids is 1. The SMILES string of the molecule is O=C(c1ccsc1)N(c1ccccc1)C1CC2(CCN(CC3CCC3)CC2)C1. The van der Waals surface area contributed by atoms with Gasteiger partial charge in [-0.2, -0.15) is 11.3 Å². The molecule has 2 aliphatic carbocycles. The first-order valence-electron chi connectivity index (χ1n) is 10.9. The molecule has 1 aromatic heterocycles. The van der Waals surface area contributed by atoms with Gasteiger partial charge in [0.2, 0.25) is 0 Å². The molecule has 148 valence electrons. The van der Waals surface area contributed by atoms with Gasteiger partial charge in [0.25, 0.3) is 5.91 Å². The summed E-state index contributed by atoms with van der Waals surface area (Å²) < 4.78 is 0. The molecule has 0 unspecified atom stereocenters. The third-order valence-corrected chi connectivity index (χ3v) is 8.06. The summed E-state index contributed by atoms with van der Waals surface area (Å²) in [7, 11) is 0. The van der Waals surface area contributed by atoms with Crippen LogP contribution in [0.5, 0.6) is 0 Å². The highest BCUT2D eigenvalue weighted by Crippen LogP contribution is 2.52. The average Bonchev–Trinajstić information content (AvgIpc) is 3.20. The molecule has 1 aromatic carbocycles. The normalized spacial score (nSPS) is 22.6. The predicted molar refractivity (Wildman–Crippen MR) is 116 cm³/mol. The van der Waals surface area contributed by atoms with Crippen LogP contribution in [0.1, 0.15) is 55.3 Å². The van der Waals surface area contributed by atoms with Crippen molar-refractivity contribution in [1.82, 2.24) is 4.90 Å². The summed E-state index contributed by atoms with van der Waals surface area (Å²) in [5, 5.41) is 3.97. The van der Waals surface area contributed by atoms with E-state index in [4.69, 9.17) is 0 Å². The van der Waals surface area contributed by atoms with Crippen LogP contribution in [0.2, 0.25) is 0 Å². The molecule has 1 spiro atoms. The standard InChI is InChI=1S/C24H30N2OS/c27-23(20-9-14-28-18-20)26(21-7-2-1-3-8-21)22-15-24(16-22)10-12-25(13-11-24)17-19-5-4-6-19/h1-3,7-9,14,18-19,22H,4-6,10-13,15-17H2. The van der Waals surface area contributed by atoms with Crippen LogP contribution in [0.3, 0.4) is 0 Å². The first-order chi connectivity index (χ1) is 13.7. The van der Waals surface area contributed by atoms with Crippen molar-refractivity contribution in [1.29, 1.82) is 0 Å². The summed E-state index contributed by atoms with van der Waals surface area (Å²) in [5.41, 5.74) is 2.34. The first kappa shape index (κ1) is 18.4. The van der Waals surface area contributed by atoms with E-state index in [-0.39, 0.29) is 5.91 Å². The van der Waals surface area contributed by atoms with E-state index >= 15 is 0 Å². The zero-order valence-electron chi connectivity index (χ0n) is 16.6. The number of hydrogen-bond donors (Lipinski definition) is 0. The fourth-order valence-corrected chi connectivity index (χ4v) is 6.02. The zero-order chi connectivity index (χ0) is 19.0. The molecular weight excluding hydrogens is 364 g/mol. The molecule has 5 rings (SSSR count). The fraction of sp³-hybridized carbons (Fsp3) is 0.542. The quantitative estimate of drug-likeness (QED) is 0.674. The van der Waals surface area contributed by atoms with Crippen molar-refractivity contribution in [3.8, 4) is 0 Å². The Hall–Kier alpha value is -1.65. The van der Waals surface area contributed by atoms with Gasteiger partial charge >= 0.3 is 0 Å². The van der Waals surface area contributed by atoms with Gasteiger partial charge in [0.15, 0.2) is 0 Å². The van der Waals surface area contributed by atoms with Gasteiger partial charge in [0.05, 0.1) is 5.56 Å². The Bertz CT molecular complexity index is 783. The zero-order valence-corrected chi connectivity index (χ0v) is 17.4. The lowest BCUT2D eigenvalue weighted by Crippen LogP contribution is -2.57. The van der Waals surface area contributed by atoms with Crippen LogP contribution in [0.15, 0.2) is 47.2 Å². The van der Waals surface area contributed by atoms with Gasteiger partial charge in [0.1, 0.15) is 0 Å². The highest BCUT2D eigenvalue weighted by atomic mass is 32.1. The Morgan fingerprint density at radius 2 is 1.86 bits per heavy atom. The van der Waals surface area contributed by atoms with E-state index in [1.165, 1.54) is 51.7 Å². The summed E-state index contributed by atoms with van der Waals surface area (Å²) in [6.45, 7) is 3.84. The van der Waals surface area contributed by atoms with E-state index in [1.807, 2.05) is 35.0 Å². The Morgan fingerprint density at radius 3 is 2.46 bits per heavy atom. The second kappa shape index (κ2) is 7.64. The Labute approximate surface area is 172 Å². The molecule has 0 radical (unpaired) electrons. The average molecular weight is 395 g/mol. The molecule has 0 N–H and O–H groups in total. The number of amides is 1. The fourth-order valence-electron chi connectivity index (χ4n) is 5.39. The van der Waals surface area contributed by atoms with Gasteiger partial charge in [-0.05, 0) is 86.5 Å². The van der Waals surface area contributed by atoms with Crippen LogP contribution in [0, 0.1) is 11.3 Å². The monoisotopic (exact) mass is 394 g/mol. The molecule has 2 aromatic rings. The number of benzene rings is 1. The van der Waals surface area contributed by atoms with Gasteiger partial charge < -0.3 is 9.80 Å². The second-order valence-corrected chi connectivity index (χ2v) is 9.96. The number of nitrogens with zero attached hydrogens (tertiary/aromatic N) is 2. The molecular formula is C24H30N2OS. The molecule has 1 amide bonds.